The maximum Gasteiger partial charge on any atom is 0.472 e. The van der Waals surface area contributed by atoms with Crippen molar-refractivity contribution in [3.63, 3.8) is 0 Å². The fraction of sp³-hybridized carbons (Fsp3) is 0.942. The Morgan fingerprint density at radius 2 is 0.545 bits per heavy atom. The van der Waals surface area contributed by atoms with E-state index in [-0.39, 0.29) is 25.7 Å². The van der Waals surface area contributed by atoms with Crippen LogP contribution in [0.15, 0.2) is 0 Å². The molecule has 4 unspecified atom stereocenters. The van der Waals surface area contributed by atoms with Crippen LogP contribution < -0.4 is 0 Å². The molecule has 522 valence electrons. The van der Waals surface area contributed by atoms with Crippen molar-refractivity contribution in [3.8, 4) is 0 Å². The van der Waals surface area contributed by atoms with Gasteiger partial charge in [0.1, 0.15) is 19.3 Å². The normalized spacial score (nSPS) is 14.6. The quantitative estimate of drug-likeness (QED) is 0.0222. The van der Waals surface area contributed by atoms with Crippen LogP contribution in [0.2, 0.25) is 0 Å². The van der Waals surface area contributed by atoms with Gasteiger partial charge in [0, 0.05) is 25.7 Å². The summed E-state index contributed by atoms with van der Waals surface area (Å²) in [6.07, 6.45) is 40.3. The van der Waals surface area contributed by atoms with Crippen molar-refractivity contribution in [2.45, 2.75) is 356 Å². The molecule has 0 aliphatic carbocycles. The molecule has 0 aliphatic heterocycles. The number of phosphoric ester groups is 2. The minimum absolute atomic E-state index is 0.104. The van der Waals surface area contributed by atoms with E-state index in [1.807, 2.05) is 0 Å². The third-order valence-corrected chi connectivity index (χ3v) is 18.1. The molecule has 0 spiro atoms. The first-order chi connectivity index (χ1) is 42.1. The average molecular weight is 1300 g/mol. The number of unbranched alkanes of at least 4 members (excludes halogenated alkanes) is 31. The number of rotatable bonds is 66. The Kier molecular flexibility index (Phi) is 57.6. The van der Waals surface area contributed by atoms with Gasteiger partial charge < -0.3 is 33.8 Å². The van der Waals surface area contributed by atoms with E-state index in [4.69, 9.17) is 37.0 Å². The van der Waals surface area contributed by atoms with Crippen molar-refractivity contribution < 1.29 is 80.2 Å². The zero-order chi connectivity index (χ0) is 65.4. The van der Waals surface area contributed by atoms with Crippen LogP contribution in [0.4, 0.5) is 0 Å². The van der Waals surface area contributed by atoms with E-state index in [9.17, 15) is 43.2 Å². The van der Waals surface area contributed by atoms with Gasteiger partial charge in [0.25, 0.3) is 0 Å². The lowest BCUT2D eigenvalue weighted by atomic mass is 9.99. The van der Waals surface area contributed by atoms with Gasteiger partial charge in [-0.15, -0.1) is 0 Å². The summed E-state index contributed by atoms with van der Waals surface area (Å²) in [5.74, 6) is 0.855. The molecule has 0 rings (SSSR count). The molecule has 3 N–H and O–H groups in total. The number of carbonyl (C=O) groups is 4. The molecule has 6 atom stereocenters. The Morgan fingerprint density at radius 3 is 0.807 bits per heavy atom. The first kappa shape index (κ1) is 86.1. The smallest absolute Gasteiger partial charge is 0.462 e. The molecule has 0 amide bonds. The maximum absolute atomic E-state index is 13.0. The standard InChI is InChI=1S/C69H134O17P2/c1-9-62(8)48-40-32-24-17-20-28-36-44-52-69(74)86-65(56-80-67(72)50-42-34-26-19-16-23-31-39-47-61(6)7)58-84-88(77,78)82-54-63(70)53-81-87(75,76)83-57-64(55-79-66(71)49-41-33-25-18-15-22-30-38-46-60(4)5)85-68(73)51-43-35-27-14-12-10-11-13-21-29-37-45-59(2)3/h59-65,70H,9-58H2,1-8H3,(H,75,76)(H,77,78)/t62?,63?,64-,65-/m1/s1. The summed E-state index contributed by atoms with van der Waals surface area (Å²) >= 11 is 0. The van der Waals surface area contributed by atoms with Crippen LogP contribution in [0.1, 0.15) is 338 Å². The molecular formula is C69H134O17P2. The highest BCUT2D eigenvalue weighted by Crippen LogP contribution is 2.45. The predicted molar refractivity (Wildman–Crippen MR) is 354 cm³/mol. The average Bonchev–Trinajstić information content (AvgIpc) is 3.50. The van der Waals surface area contributed by atoms with Crippen LogP contribution in [0.25, 0.3) is 0 Å². The lowest BCUT2D eigenvalue weighted by molar-refractivity contribution is -0.161. The zero-order valence-corrected chi connectivity index (χ0v) is 59.1. The molecule has 0 aromatic heterocycles. The second-order valence-electron chi connectivity index (χ2n) is 26.6. The Hall–Kier alpha value is -1.94. The third-order valence-electron chi connectivity index (χ3n) is 16.2. The molecule has 17 nitrogen and oxygen atoms in total. The summed E-state index contributed by atoms with van der Waals surface area (Å²) in [5.41, 5.74) is 0. The minimum Gasteiger partial charge on any atom is -0.462 e. The van der Waals surface area contributed by atoms with Crippen molar-refractivity contribution in [3.05, 3.63) is 0 Å². The SMILES string of the molecule is CCC(C)CCCCCCCCCCC(=O)O[C@H](COC(=O)CCCCCCCCCCC(C)C)COP(=O)(O)OCC(O)COP(=O)(O)OC[C@@H](COC(=O)CCCCCCCCCCC(C)C)OC(=O)CCCCCCCCCCCCCC(C)C. The van der Waals surface area contributed by atoms with Crippen LogP contribution in [-0.4, -0.2) is 96.7 Å². The first-order valence-electron chi connectivity index (χ1n) is 35.7. The molecule has 0 fully saturated rings. The molecule has 0 radical (unpaired) electrons. The molecule has 0 saturated carbocycles. The lowest BCUT2D eigenvalue weighted by Gasteiger charge is -2.21. The van der Waals surface area contributed by atoms with E-state index in [2.05, 4.69) is 55.4 Å². The molecule has 0 saturated heterocycles. The highest BCUT2D eigenvalue weighted by atomic mass is 31.2. The summed E-state index contributed by atoms with van der Waals surface area (Å²) in [6.45, 7) is 14.1. The first-order valence-corrected chi connectivity index (χ1v) is 38.7. The molecule has 0 heterocycles. The lowest BCUT2D eigenvalue weighted by Crippen LogP contribution is -2.30. The second-order valence-corrected chi connectivity index (χ2v) is 29.5. The van der Waals surface area contributed by atoms with Crippen molar-refractivity contribution in [1.29, 1.82) is 0 Å². The van der Waals surface area contributed by atoms with Gasteiger partial charge in [-0.2, -0.15) is 0 Å². The van der Waals surface area contributed by atoms with E-state index >= 15 is 0 Å². The molecule has 88 heavy (non-hydrogen) atoms. The second kappa shape index (κ2) is 58.8. The van der Waals surface area contributed by atoms with E-state index in [1.165, 1.54) is 141 Å². The van der Waals surface area contributed by atoms with Gasteiger partial charge in [-0.05, 0) is 49.4 Å². The Morgan fingerprint density at radius 1 is 0.318 bits per heavy atom. The van der Waals surface area contributed by atoms with Gasteiger partial charge in [0.05, 0.1) is 26.4 Å². The number of aliphatic hydroxyl groups is 1. The van der Waals surface area contributed by atoms with Gasteiger partial charge in [-0.25, -0.2) is 9.13 Å². The number of hydrogen-bond donors (Lipinski definition) is 3. The van der Waals surface area contributed by atoms with E-state index in [0.717, 1.165) is 114 Å². The van der Waals surface area contributed by atoms with Gasteiger partial charge in [0.15, 0.2) is 12.2 Å². The van der Waals surface area contributed by atoms with Crippen LogP contribution in [0.3, 0.4) is 0 Å². The maximum atomic E-state index is 13.0. The summed E-state index contributed by atoms with van der Waals surface area (Å²) < 4.78 is 68.2. The van der Waals surface area contributed by atoms with Gasteiger partial charge in [-0.1, -0.05) is 287 Å². The number of phosphoric acid groups is 2. The predicted octanol–water partition coefficient (Wildman–Crippen LogP) is 19.3. The largest absolute Gasteiger partial charge is 0.472 e. The van der Waals surface area contributed by atoms with Crippen LogP contribution in [-0.2, 0) is 65.4 Å². The summed E-state index contributed by atoms with van der Waals surface area (Å²) in [4.78, 5) is 72.5. The van der Waals surface area contributed by atoms with Gasteiger partial charge in [-0.3, -0.25) is 37.3 Å². The van der Waals surface area contributed by atoms with Gasteiger partial charge in [0.2, 0.25) is 0 Å². The molecule has 0 aromatic carbocycles. The summed E-state index contributed by atoms with van der Waals surface area (Å²) in [6, 6.07) is 0. The Balaban J connectivity index is 5.27. The highest BCUT2D eigenvalue weighted by Gasteiger charge is 2.30. The van der Waals surface area contributed by atoms with Crippen molar-refractivity contribution in [2.24, 2.45) is 23.7 Å². The van der Waals surface area contributed by atoms with E-state index < -0.39 is 97.5 Å². The molecule has 0 aromatic rings. The van der Waals surface area contributed by atoms with Gasteiger partial charge >= 0.3 is 39.5 Å². The summed E-state index contributed by atoms with van der Waals surface area (Å²) in [7, 11) is -9.90. The van der Waals surface area contributed by atoms with E-state index in [1.54, 1.807) is 0 Å². The monoisotopic (exact) mass is 1300 g/mol. The van der Waals surface area contributed by atoms with Crippen LogP contribution >= 0.6 is 15.6 Å². The zero-order valence-electron chi connectivity index (χ0n) is 57.3. The Bertz CT molecular complexity index is 1750. The highest BCUT2D eigenvalue weighted by molar-refractivity contribution is 7.47. The molecule has 0 bridgehead atoms. The summed E-state index contributed by atoms with van der Waals surface area (Å²) in [5, 5.41) is 10.6. The molecule has 19 heteroatoms. The topological polar surface area (TPSA) is 237 Å². The number of esters is 4. The molecular weight excluding hydrogens is 1160 g/mol. The fourth-order valence-corrected chi connectivity index (χ4v) is 11.9. The molecule has 0 aliphatic rings. The number of hydrogen-bond acceptors (Lipinski definition) is 15. The van der Waals surface area contributed by atoms with Crippen LogP contribution in [0, 0.1) is 23.7 Å². The third kappa shape index (κ3) is 61.6. The number of ether oxygens (including phenoxy) is 4. The van der Waals surface area contributed by atoms with Crippen molar-refractivity contribution in [1.82, 2.24) is 0 Å². The van der Waals surface area contributed by atoms with E-state index in [0.29, 0.717) is 25.7 Å². The number of carbonyl (C=O) groups excluding carboxylic acids is 4. The van der Waals surface area contributed by atoms with Crippen molar-refractivity contribution in [2.75, 3.05) is 39.6 Å². The number of aliphatic hydroxyl groups excluding tert-OH is 1. The van der Waals surface area contributed by atoms with Crippen LogP contribution in [0.5, 0.6) is 0 Å². The Labute approximate surface area is 537 Å². The van der Waals surface area contributed by atoms with Crippen molar-refractivity contribution >= 4 is 39.5 Å². The fourth-order valence-electron chi connectivity index (χ4n) is 10.3. The minimum atomic E-state index is -4.95.